The van der Waals surface area contributed by atoms with E-state index in [0.29, 0.717) is 44.3 Å². The molecule has 30 heavy (non-hydrogen) atoms. The van der Waals surface area contributed by atoms with Crippen LogP contribution in [0.1, 0.15) is 18.2 Å². The smallest absolute Gasteiger partial charge is 0.220 e. The highest BCUT2D eigenvalue weighted by Gasteiger charge is 2.29. The maximum absolute atomic E-state index is 12.6. The number of halogens is 1. The minimum Gasteiger partial charge on any atom is -0.481 e. The van der Waals surface area contributed by atoms with Gasteiger partial charge in [-0.2, -0.15) is 4.31 Å². The molecule has 3 rings (SSSR count). The minimum absolute atomic E-state index is 0. The van der Waals surface area contributed by atoms with Gasteiger partial charge in [-0.1, -0.05) is 5.16 Å². The van der Waals surface area contributed by atoms with E-state index in [0.717, 1.165) is 18.1 Å². The fourth-order valence-electron chi connectivity index (χ4n) is 3.02. The van der Waals surface area contributed by atoms with Crippen LogP contribution in [0.5, 0.6) is 5.88 Å². The Morgan fingerprint density at radius 2 is 2.07 bits per heavy atom. The molecule has 0 saturated carbocycles. The standard InChI is InChI=1S/C18H26N6O4S.HI/c1-3-19-18(21-13-15-4-6-20-17(12-15)27-2)23-7-9-24(10-8-23)29(25,26)14-16-5-11-28-22-16;/h4-6,11-12H,3,7-10,13-14H2,1-2H3,(H,19,21);1H. The van der Waals surface area contributed by atoms with Crippen molar-refractivity contribution in [3.8, 4) is 5.88 Å². The Kier molecular flexibility index (Phi) is 9.30. The van der Waals surface area contributed by atoms with Crippen molar-refractivity contribution in [2.24, 2.45) is 4.99 Å². The first kappa shape index (κ1) is 24.3. The summed E-state index contributed by atoms with van der Waals surface area (Å²) in [7, 11) is -1.85. The van der Waals surface area contributed by atoms with Crippen molar-refractivity contribution >= 4 is 40.0 Å². The lowest BCUT2D eigenvalue weighted by Crippen LogP contribution is -2.53. The molecule has 166 valence electrons. The number of sulfonamides is 1. The van der Waals surface area contributed by atoms with E-state index in [4.69, 9.17) is 9.26 Å². The highest BCUT2D eigenvalue weighted by atomic mass is 127. The summed E-state index contributed by atoms with van der Waals surface area (Å²) >= 11 is 0. The zero-order valence-corrected chi connectivity index (χ0v) is 20.2. The van der Waals surface area contributed by atoms with Crippen LogP contribution in [0.3, 0.4) is 0 Å². The summed E-state index contributed by atoms with van der Waals surface area (Å²) in [6.07, 6.45) is 3.06. The molecule has 0 radical (unpaired) electrons. The molecule has 10 nitrogen and oxygen atoms in total. The molecule has 0 unspecified atom stereocenters. The first-order chi connectivity index (χ1) is 14.0. The van der Waals surface area contributed by atoms with E-state index >= 15 is 0 Å². The molecular formula is C18H27IN6O4S. The molecule has 0 amide bonds. The quantitative estimate of drug-likeness (QED) is 0.312. The summed E-state index contributed by atoms with van der Waals surface area (Å²) in [6.45, 7) is 5.12. The summed E-state index contributed by atoms with van der Waals surface area (Å²) in [6, 6.07) is 5.31. The Bertz CT molecular complexity index is 915. The first-order valence-electron chi connectivity index (χ1n) is 9.41. The fraction of sp³-hybridized carbons (Fsp3) is 0.500. The second kappa shape index (κ2) is 11.5. The lowest BCUT2D eigenvalue weighted by molar-refractivity contribution is 0.259. The molecule has 0 aromatic carbocycles. The third-order valence-corrected chi connectivity index (χ3v) is 6.32. The van der Waals surface area contributed by atoms with Crippen LogP contribution in [0, 0.1) is 0 Å². The summed E-state index contributed by atoms with van der Waals surface area (Å²) in [5.41, 5.74) is 1.40. The van der Waals surface area contributed by atoms with Crippen LogP contribution in [0.4, 0.5) is 0 Å². The Morgan fingerprint density at radius 1 is 1.30 bits per heavy atom. The number of hydrogen-bond donors (Lipinski definition) is 1. The number of methoxy groups -OCH3 is 1. The molecule has 0 aliphatic carbocycles. The topological polar surface area (TPSA) is 113 Å². The van der Waals surface area contributed by atoms with Crippen molar-refractivity contribution < 1.29 is 17.7 Å². The molecule has 1 saturated heterocycles. The molecule has 1 aliphatic rings. The van der Waals surface area contributed by atoms with Gasteiger partial charge in [0.1, 0.15) is 12.0 Å². The van der Waals surface area contributed by atoms with Crippen molar-refractivity contribution in [2.45, 2.75) is 19.2 Å². The summed E-state index contributed by atoms with van der Waals surface area (Å²) in [4.78, 5) is 10.9. The number of nitrogens with zero attached hydrogens (tertiary/aromatic N) is 5. The molecule has 2 aromatic rings. The number of guanidine groups is 1. The van der Waals surface area contributed by atoms with Gasteiger partial charge in [-0.3, -0.25) is 0 Å². The molecule has 3 heterocycles. The summed E-state index contributed by atoms with van der Waals surface area (Å²) < 4.78 is 36.5. The Morgan fingerprint density at radius 3 is 2.70 bits per heavy atom. The van der Waals surface area contributed by atoms with Gasteiger partial charge in [0, 0.05) is 51.1 Å². The minimum atomic E-state index is -3.43. The first-order valence-corrected chi connectivity index (χ1v) is 11.0. The lowest BCUT2D eigenvalue weighted by Gasteiger charge is -2.35. The van der Waals surface area contributed by atoms with Crippen LogP contribution in [-0.2, 0) is 22.3 Å². The van der Waals surface area contributed by atoms with Crippen molar-refractivity contribution in [1.29, 1.82) is 0 Å². The average Bonchev–Trinajstić information content (AvgIpc) is 3.23. The van der Waals surface area contributed by atoms with Gasteiger partial charge in [-0.05, 0) is 18.6 Å². The SMILES string of the molecule is CCNC(=NCc1ccnc(OC)c1)N1CCN(S(=O)(=O)Cc2ccon2)CC1.I. The molecule has 0 bridgehead atoms. The van der Waals surface area contributed by atoms with Gasteiger partial charge in [0.25, 0.3) is 0 Å². The van der Waals surface area contributed by atoms with E-state index in [1.54, 1.807) is 19.4 Å². The lowest BCUT2D eigenvalue weighted by atomic mass is 10.3. The predicted molar refractivity (Wildman–Crippen MR) is 123 cm³/mol. The molecule has 2 aromatic heterocycles. The second-order valence-corrected chi connectivity index (χ2v) is 8.48. The van der Waals surface area contributed by atoms with Crippen LogP contribution >= 0.6 is 24.0 Å². The Labute approximate surface area is 193 Å². The monoisotopic (exact) mass is 550 g/mol. The van der Waals surface area contributed by atoms with Crippen molar-refractivity contribution in [3.05, 3.63) is 41.9 Å². The van der Waals surface area contributed by atoms with Gasteiger partial charge >= 0.3 is 0 Å². The number of aliphatic imine (C=N–C) groups is 1. The van der Waals surface area contributed by atoms with Crippen LogP contribution in [0.2, 0.25) is 0 Å². The van der Waals surface area contributed by atoms with Crippen LogP contribution in [0.15, 0.2) is 40.2 Å². The zero-order valence-electron chi connectivity index (χ0n) is 17.0. The normalized spacial score (nSPS) is 15.5. The van der Waals surface area contributed by atoms with Gasteiger partial charge in [0.15, 0.2) is 5.96 Å². The number of rotatable bonds is 7. The van der Waals surface area contributed by atoms with Crippen molar-refractivity contribution in [3.63, 3.8) is 0 Å². The van der Waals surface area contributed by atoms with E-state index in [2.05, 4.69) is 25.3 Å². The predicted octanol–water partition coefficient (Wildman–Crippen LogP) is 1.31. The average molecular weight is 550 g/mol. The highest BCUT2D eigenvalue weighted by molar-refractivity contribution is 14.0. The number of nitrogens with one attached hydrogen (secondary N) is 1. The Balaban J connectivity index is 0.00000320. The number of piperazine rings is 1. The van der Waals surface area contributed by atoms with Crippen molar-refractivity contribution in [1.82, 2.24) is 24.7 Å². The number of ether oxygens (including phenoxy) is 1. The van der Waals surface area contributed by atoms with E-state index in [1.807, 2.05) is 19.1 Å². The Hall–Kier alpha value is -1.93. The van der Waals surface area contributed by atoms with Gasteiger partial charge in [0.05, 0.1) is 19.3 Å². The third kappa shape index (κ3) is 6.54. The maximum atomic E-state index is 12.6. The summed E-state index contributed by atoms with van der Waals surface area (Å²) in [5.74, 6) is 1.16. The van der Waals surface area contributed by atoms with E-state index in [1.165, 1.54) is 10.6 Å². The van der Waals surface area contributed by atoms with Gasteiger partial charge in [-0.15, -0.1) is 24.0 Å². The van der Waals surface area contributed by atoms with Gasteiger partial charge < -0.3 is 19.5 Å². The van der Waals surface area contributed by atoms with E-state index in [-0.39, 0.29) is 29.7 Å². The van der Waals surface area contributed by atoms with Gasteiger partial charge in [0.2, 0.25) is 15.9 Å². The molecular weight excluding hydrogens is 523 g/mol. The molecule has 0 atom stereocenters. The second-order valence-electron chi connectivity index (χ2n) is 6.51. The number of aromatic nitrogens is 2. The fourth-order valence-corrected chi connectivity index (χ4v) is 4.45. The zero-order chi connectivity index (χ0) is 20.7. The van der Waals surface area contributed by atoms with Crippen molar-refractivity contribution in [2.75, 3.05) is 39.8 Å². The molecule has 1 N–H and O–H groups in total. The van der Waals surface area contributed by atoms with Gasteiger partial charge in [-0.25, -0.2) is 18.4 Å². The van der Waals surface area contributed by atoms with Crippen LogP contribution in [-0.4, -0.2) is 73.6 Å². The molecule has 12 heteroatoms. The van der Waals surface area contributed by atoms with Crippen LogP contribution in [0.25, 0.3) is 0 Å². The number of hydrogen-bond acceptors (Lipinski definition) is 7. The molecule has 0 spiro atoms. The summed E-state index contributed by atoms with van der Waals surface area (Å²) in [5, 5.41) is 6.98. The van der Waals surface area contributed by atoms with E-state index in [9.17, 15) is 8.42 Å². The largest absolute Gasteiger partial charge is 0.481 e. The van der Waals surface area contributed by atoms with Crippen LogP contribution < -0.4 is 10.1 Å². The molecule has 1 fully saturated rings. The number of pyridine rings is 1. The highest BCUT2D eigenvalue weighted by Crippen LogP contribution is 2.14. The molecule has 1 aliphatic heterocycles. The van der Waals surface area contributed by atoms with E-state index < -0.39 is 10.0 Å². The maximum Gasteiger partial charge on any atom is 0.220 e. The third-order valence-electron chi connectivity index (χ3n) is 4.51.